The summed E-state index contributed by atoms with van der Waals surface area (Å²) in [5.41, 5.74) is 4.46. The van der Waals surface area contributed by atoms with Gasteiger partial charge in [0.15, 0.2) is 0 Å². The van der Waals surface area contributed by atoms with Gasteiger partial charge in [0.1, 0.15) is 5.70 Å². The van der Waals surface area contributed by atoms with Crippen molar-refractivity contribution in [2.24, 2.45) is 0 Å². The molecule has 5 nitrogen and oxygen atoms in total. The van der Waals surface area contributed by atoms with Crippen LogP contribution in [0.5, 0.6) is 0 Å². The van der Waals surface area contributed by atoms with Gasteiger partial charge in [-0.3, -0.25) is 14.5 Å². The summed E-state index contributed by atoms with van der Waals surface area (Å²) in [7, 11) is 0. The molecule has 2 aromatic carbocycles. The van der Waals surface area contributed by atoms with E-state index in [1.165, 1.54) is 4.90 Å². The summed E-state index contributed by atoms with van der Waals surface area (Å²) in [6, 6.07) is 15.4. The van der Waals surface area contributed by atoms with Crippen molar-refractivity contribution < 1.29 is 14.3 Å². The van der Waals surface area contributed by atoms with Gasteiger partial charge >= 0.3 is 0 Å². The number of anilines is 1. The second-order valence-corrected chi connectivity index (χ2v) is 6.92. The van der Waals surface area contributed by atoms with E-state index in [2.05, 4.69) is 5.32 Å². The predicted octanol–water partition coefficient (Wildman–Crippen LogP) is 3.92. The lowest BCUT2D eigenvalue weighted by Crippen LogP contribution is -2.34. The van der Waals surface area contributed by atoms with Crippen molar-refractivity contribution in [2.45, 2.75) is 27.2 Å². The Morgan fingerprint density at radius 1 is 0.964 bits per heavy atom. The van der Waals surface area contributed by atoms with Crippen LogP contribution in [0, 0.1) is 13.8 Å². The molecule has 2 amide bonds. The third-order valence-corrected chi connectivity index (χ3v) is 4.67. The molecule has 0 saturated carbocycles. The second-order valence-electron chi connectivity index (χ2n) is 6.92. The number of ether oxygens (including phenoxy) is 1. The van der Waals surface area contributed by atoms with Crippen LogP contribution in [0.25, 0.3) is 5.57 Å². The molecule has 0 aromatic heterocycles. The number of hydrogen-bond donors (Lipinski definition) is 1. The first-order valence-electron chi connectivity index (χ1n) is 9.60. The standard InChI is InChI=1S/C23H26N2O3/c1-4-28-14-6-13-25-22(26)20(18-11-9-16(2)10-12-18)21(23(25)27)24-19-8-5-7-17(3)15-19/h5,7-12,15,24H,4,6,13-14H2,1-3H3. The van der Waals surface area contributed by atoms with E-state index in [9.17, 15) is 9.59 Å². The number of carbonyl (C=O) groups is 2. The molecule has 1 heterocycles. The van der Waals surface area contributed by atoms with E-state index in [1.54, 1.807) is 0 Å². The summed E-state index contributed by atoms with van der Waals surface area (Å²) < 4.78 is 5.35. The van der Waals surface area contributed by atoms with Gasteiger partial charge in [-0.2, -0.15) is 0 Å². The molecule has 0 radical (unpaired) electrons. The van der Waals surface area contributed by atoms with Gasteiger partial charge in [0.25, 0.3) is 11.8 Å². The fraction of sp³-hybridized carbons (Fsp3) is 0.304. The molecule has 1 aliphatic rings. The van der Waals surface area contributed by atoms with Crippen molar-refractivity contribution in [1.29, 1.82) is 0 Å². The molecule has 0 spiro atoms. The van der Waals surface area contributed by atoms with Gasteiger partial charge in [-0.15, -0.1) is 0 Å². The van der Waals surface area contributed by atoms with Crippen LogP contribution in [0.15, 0.2) is 54.2 Å². The summed E-state index contributed by atoms with van der Waals surface area (Å²) >= 11 is 0. The Hall–Kier alpha value is -2.92. The van der Waals surface area contributed by atoms with Gasteiger partial charge in [-0.25, -0.2) is 0 Å². The van der Waals surface area contributed by atoms with Gasteiger partial charge in [0, 0.05) is 25.4 Å². The van der Waals surface area contributed by atoms with E-state index in [4.69, 9.17) is 4.74 Å². The predicted molar refractivity (Wildman–Crippen MR) is 111 cm³/mol. The number of hydrogen-bond acceptors (Lipinski definition) is 4. The van der Waals surface area contributed by atoms with Gasteiger partial charge in [-0.1, -0.05) is 42.0 Å². The first kappa shape index (κ1) is 19.8. The summed E-state index contributed by atoms with van der Waals surface area (Å²) in [5.74, 6) is -0.556. The lowest BCUT2D eigenvalue weighted by Gasteiger charge is -2.15. The Bertz CT molecular complexity index is 900. The summed E-state index contributed by atoms with van der Waals surface area (Å²) in [4.78, 5) is 27.5. The monoisotopic (exact) mass is 378 g/mol. The van der Waals surface area contributed by atoms with E-state index >= 15 is 0 Å². The third-order valence-electron chi connectivity index (χ3n) is 4.67. The van der Waals surface area contributed by atoms with Crippen LogP contribution in [0.3, 0.4) is 0 Å². The Labute approximate surface area is 166 Å². The quantitative estimate of drug-likeness (QED) is 0.559. The second kappa shape index (κ2) is 8.85. The summed E-state index contributed by atoms with van der Waals surface area (Å²) in [6.07, 6.45) is 0.615. The Balaban J connectivity index is 1.93. The maximum absolute atomic E-state index is 13.1. The van der Waals surface area contributed by atoms with Crippen molar-refractivity contribution in [3.05, 3.63) is 70.9 Å². The van der Waals surface area contributed by atoms with E-state index in [1.807, 2.05) is 69.3 Å². The Morgan fingerprint density at radius 3 is 2.39 bits per heavy atom. The van der Waals surface area contributed by atoms with Crippen LogP contribution >= 0.6 is 0 Å². The van der Waals surface area contributed by atoms with Crippen LogP contribution < -0.4 is 5.32 Å². The van der Waals surface area contributed by atoms with Crippen molar-refractivity contribution in [3.8, 4) is 0 Å². The van der Waals surface area contributed by atoms with E-state index < -0.39 is 0 Å². The molecule has 2 aromatic rings. The largest absolute Gasteiger partial charge is 0.382 e. The van der Waals surface area contributed by atoms with Crippen LogP contribution in [0.1, 0.15) is 30.0 Å². The van der Waals surface area contributed by atoms with Gasteiger partial charge < -0.3 is 10.1 Å². The maximum atomic E-state index is 13.1. The zero-order chi connectivity index (χ0) is 20.1. The van der Waals surface area contributed by atoms with Crippen molar-refractivity contribution in [3.63, 3.8) is 0 Å². The van der Waals surface area contributed by atoms with Gasteiger partial charge in [0.2, 0.25) is 0 Å². The highest BCUT2D eigenvalue weighted by molar-refractivity contribution is 6.36. The van der Waals surface area contributed by atoms with Crippen molar-refractivity contribution in [2.75, 3.05) is 25.1 Å². The van der Waals surface area contributed by atoms with Crippen molar-refractivity contribution in [1.82, 2.24) is 4.90 Å². The molecule has 0 atom stereocenters. The molecule has 3 rings (SSSR count). The lowest BCUT2D eigenvalue weighted by molar-refractivity contribution is -0.137. The number of rotatable bonds is 8. The highest BCUT2D eigenvalue weighted by atomic mass is 16.5. The topological polar surface area (TPSA) is 58.6 Å². The van der Waals surface area contributed by atoms with E-state index in [-0.39, 0.29) is 11.8 Å². The molecule has 5 heteroatoms. The zero-order valence-electron chi connectivity index (χ0n) is 16.6. The number of aryl methyl sites for hydroxylation is 2. The molecule has 0 saturated heterocycles. The van der Waals surface area contributed by atoms with E-state index in [0.29, 0.717) is 37.4 Å². The molecule has 1 N–H and O–H groups in total. The Kier molecular flexibility index (Phi) is 6.26. The molecule has 1 aliphatic heterocycles. The van der Waals surface area contributed by atoms with Crippen LogP contribution in [0.4, 0.5) is 5.69 Å². The normalized spacial score (nSPS) is 14.2. The number of nitrogens with one attached hydrogen (secondary N) is 1. The molecule has 0 bridgehead atoms. The number of imide groups is 1. The number of carbonyl (C=O) groups excluding carboxylic acids is 2. The fourth-order valence-corrected chi connectivity index (χ4v) is 3.22. The Morgan fingerprint density at radius 2 is 1.71 bits per heavy atom. The summed E-state index contributed by atoms with van der Waals surface area (Å²) in [5, 5.41) is 3.19. The zero-order valence-corrected chi connectivity index (χ0v) is 16.6. The average molecular weight is 378 g/mol. The van der Waals surface area contributed by atoms with Gasteiger partial charge in [-0.05, 0) is 50.5 Å². The average Bonchev–Trinajstić information content (AvgIpc) is 2.90. The van der Waals surface area contributed by atoms with Crippen LogP contribution in [-0.4, -0.2) is 36.5 Å². The minimum Gasteiger partial charge on any atom is -0.382 e. The molecular formula is C23H26N2O3. The number of nitrogens with zero attached hydrogens (tertiary/aromatic N) is 1. The summed E-state index contributed by atoms with van der Waals surface area (Å²) in [6.45, 7) is 7.38. The molecule has 28 heavy (non-hydrogen) atoms. The molecular weight excluding hydrogens is 352 g/mol. The number of amides is 2. The maximum Gasteiger partial charge on any atom is 0.278 e. The van der Waals surface area contributed by atoms with Crippen LogP contribution in [-0.2, 0) is 14.3 Å². The molecule has 0 fully saturated rings. The third kappa shape index (κ3) is 4.31. The molecule has 0 aliphatic carbocycles. The molecule has 146 valence electrons. The van der Waals surface area contributed by atoms with Crippen molar-refractivity contribution >= 4 is 23.1 Å². The SMILES string of the molecule is CCOCCCN1C(=O)C(Nc2cccc(C)c2)=C(c2ccc(C)cc2)C1=O. The first-order valence-corrected chi connectivity index (χ1v) is 9.60. The number of benzene rings is 2. The van der Waals surface area contributed by atoms with Gasteiger partial charge in [0.05, 0.1) is 5.57 Å². The lowest BCUT2D eigenvalue weighted by atomic mass is 10.0. The minimum absolute atomic E-state index is 0.263. The van der Waals surface area contributed by atoms with Crippen LogP contribution in [0.2, 0.25) is 0 Å². The highest BCUT2D eigenvalue weighted by Gasteiger charge is 2.38. The van der Waals surface area contributed by atoms with E-state index in [0.717, 1.165) is 22.4 Å². The molecule has 0 unspecified atom stereocenters. The first-order chi connectivity index (χ1) is 13.5. The smallest absolute Gasteiger partial charge is 0.278 e. The highest BCUT2D eigenvalue weighted by Crippen LogP contribution is 2.31. The fourth-order valence-electron chi connectivity index (χ4n) is 3.22. The minimum atomic E-state index is -0.293.